The number of aromatic nitrogens is 3. The SMILES string of the molecule is CC1=Nc2c(Nc3ccc(Cl)cc3N(C)S(C)(=O)=O)cc(Cc3cnc(C)c(C)n3)nc2C1. The number of benzene rings is 1. The standard InChI is InChI=1S/C23H25ClN6O2S/c1-13-8-20-23(26-13)21(11-17(28-20)10-18-12-25-14(2)15(3)27-18)29-19-7-6-16(24)9-22(19)30(4)33(5,31)32/h6-7,9,11-12H,8,10H2,1-5H3,(H,28,29). The Kier molecular flexibility index (Phi) is 6.11. The van der Waals surface area contributed by atoms with E-state index in [4.69, 9.17) is 16.6 Å². The number of hydrogen-bond donors (Lipinski definition) is 1. The lowest BCUT2D eigenvalue weighted by Crippen LogP contribution is -2.25. The number of hydrogen-bond acceptors (Lipinski definition) is 7. The molecule has 0 aliphatic carbocycles. The van der Waals surface area contributed by atoms with E-state index in [0.717, 1.165) is 51.8 Å². The van der Waals surface area contributed by atoms with Crippen molar-refractivity contribution >= 4 is 50.1 Å². The predicted octanol–water partition coefficient (Wildman–Crippen LogP) is 4.52. The lowest BCUT2D eigenvalue weighted by molar-refractivity contribution is 0.600. The third-order valence-corrected chi connectivity index (χ3v) is 6.94. The average molecular weight is 485 g/mol. The first-order valence-electron chi connectivity index (χ1n) is 10.4. The molecule has 0 saturated heterocycles. The van der Waals surface area contributed by atoms with Crippen LogP contribution in [0.3, 0.4) is 0 Å². The van der Waals surface area contributed by atoms with E-state index >= 15 is 0 Å². The molecule has 8 nitrogen and oxygen atoms in total. The van der Waals surface area contributed by atoms with Gasteiger partial charge in [-0.15, -0.1) is 0 Å². The molecular weight excluding hydrogens is 460 g/mol. The number of nitrogens with one attached hydrogen (secondary N) is 1. The summed E-state index contributed by atoms with van der Waals surface area (Å²) in [5.41, 5.74) is 7.82. The second-order valence-corrected chi connectivity index (χ2v) is 10.7. The largest absolute Gasteiger partial charge is 0.352 e. The molecule has 1 aromatic carbocycles. The van der Waals surface area contributed by atoms with Crippen LogP contribution in [0.4, 0.5) is 22.7 Å². The number of sulfonamides is 1. The first kappa shape index (κ1) is 23.1. The van der Waals surface area contributed by atoms with Gasteiger partial charge in [0.1, 0.15) is 5.69 Å². The molecule has 1 aliphatic heterocycles. The minimum Gasteiger partial charge on any atom is -0.352 e. The summed E-state index contributed by atoms with van der Waals surface area (Å²) in [6.07, 6.45) is 4.10. The number of halogens is 1. The van der Waals surface area contributed by atoms with Gasteiger partial charge in [0.15, 0.2) is 0 Å². The number of pyridine rings is 1. The lowest BCUT2D eigenvalue weighted by Gasteiger charge is -2.22. The molecule has 172 valence electrons. The van der Waals surface area contributed by atoms with Gasteiger partial charge in [0.2, 0.25) is 10.0 Å². The van der Waals surface area contributed by atoms with Crippen molar-refractivity contribution in [2.45, 2.75) is 33.6 Å². The Morgan fingerprint density at radius 1 is 1.06 bits per heavy atom. The molecule has 33 heavy (non-hydrogen) atoms. The van der Waals surface area contributed by atoms with Gasteiger partial charge in [-0.05, 0) is 45.0 Å². The smallest absolute Gasteiger partial charge is 0.232 e. The number of fused-ring (bicyclic) bond motifs is 1. The van der Waals surface area contributed by atoms with Gasteiger partial charge in [-0.25, -0.2) is 8.42 Å². The fraction of sp³-hybridized carbons (Fsp3) is 0.304. The van der Waals surface area contributed by atoms with Crippen LogP contribution in [0.5, 0.6) is 0 Å². The number of aryl methyl sites for hydroxylation is 2. The van der Waals surface area contributed by atoms with Crippen LogP contribution in [0.15, 0.2) is 35.5 Å². The summed E-state index contributed by atoms with van der Waals surface area (Å²) >= 11 is 6.17. The summed E-state index contributed by atoms with van der Waals surface area (Å²) in [4.78, 5) is 18.5. The highest BCUT2D eigenvalue weighted by Gasteiger charge is 2.22. The first-order valence-corrected chi connectivity index (χ1v) is 12.6. The summed E-state index contributed by atoms with van der Waals surface area (Å²) in [6.45, 7) is 5.83. The molecule has 10 heteroatoms. The van der Waals surface area contributed by atoms with Crippen LogP contribution < -0.4 is 9.62 Å². The van der Waals surface area contributed by atoms with Crippen molar-refractivity contribution in [3.63, 3.8) is 0 Å². The third-order valence-electron chi connectivity index (χ3n) is 5.51. The van der Waals surface area contributed by atoms with Gasteiger partial charge in [-0.3, -0.25) is 24.2 Å². The Hall–Kier alpha value is -3.04. The van der Waals surface area contributed by atoms with Crippen molar-refractivity contribution in [1.29, 1.82) is 0 Å². The third kappa shape index (κ3) is 4.99. The van der Waals surface area contributed by atoms with Crippen LogP contribution >= 0.6 is 11.6 Å². The maximum Gasteiger partial charge on any atom is 0.232 e. The molecule has 0 fully saturated rings. The van der Waals surface area contributed by atoms with Crippen LogP contribution in [-0.4, -0.2) is 42.4 Å². The molecule has 0 unspecified atom stereocenters. The van der Waals surface area contributed by atoms with Gasteiger partial charge >= 0.3 is 0 Å². The van der Waals surface area contributed by atoms with E-state index < -0.39 is 10.0 Å². The zero-order valence-corrected chi connectivity index (χ0v) is 20.7. The number of anilines is 3. The van der Waals surface area contributed by atoms with Gasteiger partial charge in [0.05, 0.1) is 46.1 Å². The average Bonchev–Trinajstić information content (AvgIpc) is 3.11. The van der Waals surface area contributed by atoms with Crippen molar-refractivity contribution in [1.82, 2.24) is 15.0 Å². The quantitative estimate of drug-likeness (QED) is 0.552. The lowest BCUT2D eigenvalue weighted by atomic mass is 10.1. The zero-order chi connectivity index (χ0) is 23.9. The first-order chi connectivity index (χ1) is 15.5. The summed E-state index contributed by atoms with van der Waals surface area (Å²) in [6, 6.07) is 7.01. The molecule has 0 atom stereocenters. The molecule has 2 aromatic heterocycles. The van der Waals surface area contributed by atoms with Crippen molar-refractivity contribution in [2.24, 2.45) is 4.99 Å². The molecule has 0 spiro atoms. The summed E-state index contributed by atoms with van der Waals surface area (Å²) in [7, 11) is -1.99. The maximum absolute atomic E-state index is 12.2. The highest BCUT2D eigenvalue weighted by molar-refractivity contribution is 7.92. The van der Waals surface area contributed by atoms with Crippen molar-refractivity contribution < 1.29 is 8.42 Å². The van der Waals surface area contributed by atoms with E-state index in [2.05, 4.69) is 20.3 Å². The van der Waals surface area contributed by atoms with Gasteiger partial charge < -0.3 is 5.32 Å². The van der Waals surface area contributed by atoms with Gasteiger partial charge in [-0.1, -0.05) is 11.6 Å². The van der Waals surface area contributed by atoms with Crippen LogP contribution in [0.2, 0.25) is 5.02 Å². The second kappa shape index (κ2) is 8.72. The highest BCUT2D eigenvalue weighted by Crippen LogP contribution is 2.39. The monoisotopic (exact) mass is 484 g/mol. The molecule has 3 heterocycles. The van der Waals surface area contributed by atoms with E-state index in [1.54, 1.807) is 24.4 Å². The minimum atomic E-state index is -3.48. The predicted molar refractivity (Wildman–Crippen MR) is 133 cm³/mol. The Labute approximate surface area is 198 Å². The second-order valence-electron chi connectivity index (χ2n) is 8.21. The van der Waals surface area contributed by atoms with Gasteiger partial charge in [-0.2, -0.15) is 0 Å². The Bertz CT molecular complexity index is 1390. The molecular formula is C23H25ClN6O2S. The van der Waals surface area contributed by atoms with Crippen molar-refractivity contribution in [2.75, 3.05) is 22.9 Å². The van der Waals surface area contributed by atoms with Gasteiger partial charge in [0, 0.05) is 42.5 Å². The molecule has 0 radical (unpaired) electrons. The highest BCUT2D eigenvalue weighted by atomic mass is 35.5. The van der Waals surface area contributed by atoms with Gasteiger partial charge in [0.25, 0.3) is 0 Å². The van der Waals surface area contributed by atoms with Crippen LogP contribution in [-0.2, 0) is 22.9 Å². The van der Waals surface area contributed by atoms with Crippen LogP contribution in [0.1, 0.15) is 35.4 Å². The van der Waals surface area contributed by atoms with Crippen molar-refractivity contribution in [3.05, 3.63) is 64.0 Å². The Morgan fingerprint density at radius 2 is 1.82 bits per heavy atom. The zero-order valence-electron chi connectivity index (χ0n) is 19.1. The Balaban J connectivity index is 1.76. The molecule has 0 bridgehead atoms. The fourth-order valence-electron chi connectivity index (χ4n) is 3.61. The van der Waals surface area contributed by atoms with E-state index in [1.165, 1.54) is 11.4 Å². The van der Waals surface area contributed by atoms with Crippen LogP contribution in [0.25, 0.3) is 0 Å². The molecule has 0 saturated carbocycles. The molecule has 3 aromatic rings. The summed E-state index contributed by atoms with van der Waals surface area (Å²) in [5.74, 6) is 0. The fourth-order valence-corrected chi connectivity index (χ4v) is 4.29. The normalized spacial score (nSPS) is 13.0. The van der Waals surface area contributed by atoms with E-state index in [1.807, 2.05) is 26.8 Å². The summed E-state index contributed by atoms with van der Waals surface area (Å²) in [5, 5.41) is 3.81. The molecule has 1 N–H and O–H groups in total. The topological polar surface area (TPSA) is 100 Å². The molecule has 4 rings (SSSR count). The number of aliphatic imine (C=N–C) groups is 1. The summed E-state index contributed by atoms with van der Waals surface area (Å²) < 4.78 is 25.6. The minimum absolute atomic E-state index is 0.439. The molecule has 0 amide bonds. The van der Waals surface area contributed by atoms with E-state index in [9.17, 15) is 8.42 Å². The molecule has 1 aliphatic rings. The number of rotatable bonds is 6. The maximum atomic E-state index is 12.2. The van der Waals surface area contributed by atoms with E-state index in [0.29, 0.717) is 29.2 Å². The van der Waals surface area contributed by atoms with E-state index in [-0.39, 0.29) is 0 Å². The Morgan fingerprint density at radius 3 is 2.52 bits per heavy atom. The van der Waals surface area contributed by atoms with Crippen molar-refractivity contribution in [3.8, 4) is 0 Å². The number of nitrogens with zero attached hydrogens (tertiary/aromatic N) is 5. The van der Waals surface area contributed by atoms with Crippen LogP contribution in [0, 0.1) is 13.8 Å².